The lowest BCUT2D eigenvalue weighted by Crippen LogP contribution is -2.49. The summed E-state index contributed by atoms with van der Waals surface area (Å²) in [5.74, 6) is -1.56. The average Bonchev–Trinajstić information content (AvgIpc) is 3.11. The molecule has 0 saturated carbocycles. The van der Waals surface area contributed by atoms with Gasteiger partial charge >= 0.3 is 12.1 Å². The Labute approximate surface area is 200 Å². The molecule has 0 radical (unpaired) electrons. The zero-order valence-corrected chi connectivity index (χ0v) is 20.3. The zero-order chi connectivity index (χ0) is 24.9. The number of aliphatic carboxylic acids is 1. The molecule has 2 atom stereocenters. The molecule has 34 heavy (non-hydrogen) atoms. The van der Waals surface area contributed by atoms with Gasteiger partial charge in [0.25, 0.3) is 0 Å². The molecular weight excluding hydrogens is 432 g/mol. The van der Waals surface area contributed by atoms with Crippen LogP contribution in [-0.2, 0) is 14.3 Å². The summed E-state index contributed by atoms with van der Waals surface area (Å²) in [6.45, 7) is 7.72. The van der Waals surface area contributed by atoms with E-state index in [1.165, 1.54) is 11.1 Å². The van der Waals surface area contributed by atoms with Gasteiger partial charge in [-0.1, -0.05) is 82.6 Å². The van der Waals surface area contributed by atoms with E-state index in [0.717, 1.165) is 11.1 Å². The van der Waals surface area contributed by atoms with Crippen LogP contribution in [0.4, 0.5) is 4.79 Å². The predicted molar refractivity (Wildman–Crippen MR) is 130 cm³/mol. The number of ether oxygens (including phenoxy) is 1. The molecule has 2 amide bonds. The highest BCUT2D eigenvalue weighted by atomic mass is 16.5. The molecule has 7 nitrogen and oxygen atoms in total. The van der Waals surface area contributed by atoms with Crippen LogP contribution in [0.5, 0.6) is 0 Å². The van der Waals surface area contributed by atoms with E-state index in [0.29, 0.717) is 6.42 Å². The van der Waals surface area contributed by atoms with E-state index in [4.69, 9.17) is 4.74 Å². The van der Waals surface area contributed by atoms with Crippen LogP contribution in [0.15, 0.2) is 48.5 Å². The van der Waals surface area contributed by atoms with Crippen LogP contribution < -0.4 is 10.6 Å². The minimum absolute atomic E-state index is 0.0174. The van der Waals surface area contributed by atoms with Gasteiger partial charge in [0, 0.05) is 18.9 Å². The lowest BCUT2D eigenvalue weighted by atomic mass is 9.86. The molecule has 0 fully saturated rings. The predicted octanol–water partition coefficient (Wildman–Crippen LogP) is 4.56. The fourth-order valence-electron chi connectivity index (χ4n) is 4.37. The van der Waals surface area contributed by atoms with Crippen molar-refractivity contribution in [2.75, 3.05) is 13.2 Å². The lowest BCUT2D eigenvalue weighted by molar-refractivity contribution is -0.145. The highest BCUT2D eigenvalue weighted by Crippen LogP contribution is 2.44. The maximum absolute atomic E-state index is 12.4. The Morgan fingerprint density at radius 3 is 2.06 bits per heavy atom. The number of nitrogens with one attached hydrogen (secondary N) is 2. The first-order valence-electron chi connectivity index (χ1n) is 11.7. The second-order valence-electron chi connectivity index (χ2n) is 9.89. The summed E-state index contributed by atoms with van der Waals surface area (Å²) < 4.78 is 5.55. The van der Waals surface area contributed by atoms with E-state index in [9.17, 15) is 19.5 Å². The summed E-state index contributed by atoms with van der Waals surface area (Å²) in [6.07, 6.45) is 0.253. The monoisotopic (exact) mass is 466 g/mol. The molecule has 2 aromatic rings. The minimum atomic E-state index is -1.06. The lowest BCUT2D eigenvalue weighted by Gasteiger charge is -2.28. The van der Waals surface area contributed by atoms with Crippen LogP contribution in [0.1, 0.15) is 57.6 Å². The largest absolute Gasteiger partial charge is 0.480 e. The summed E-state index contributed by atoms with van der Waals surface area (Å²) in [7, 11) is 0. The van der Waals surface area contributed by atoms with Crippen LogP contribution in [-0.4, -0.2) is 42.3 Å². The van der Waals surface area contributed by atoms with Gasteiger partial charge in [-0.25, -0.2) is 9.59 Å². The molecule has 2 aromatic carbocycles. The molecule has 0 saturated heterocycles. The Morgan fingerprint density at radius 1 is 1.00 bits per heavy atom. The molecule has 182 valence electrons. The Balaban J connectivity index is 1.52. The van der Waals surface area contributed by atoms with Gasteiger partial charge in [0.1, 0.15) is 12.6 Å². The third kappa shape index (κ3) is 5.95. The van der Waals surface area contributed by atoms with Crippen molar-refractivity contribution in [3.05, 3.63) is 59.7 Å². The normalized spacial score (nSPS) is 14.5. The molecule has 3 N–H and O–H groups in total. The van der Waals surface area contributed by atoms with Crippen molar-refractivity contribution in [2.45, 2.75) is 52.5 Å². The van der Waals surface area contributed by atoms with Crippen LogP contribution in [0.3, 0.4) is 0 Å². The first-order valence-corrected chi connectivity index (χ1v) is 11.7. The van der Waals surface area contributed by atoms with Crippen molar-refractivity contribution < 1.29 is 24.2 Å². The number of benzene rings is 2. The van der Waals surface area contributed by atoms with E-state index < -0.39 is 23.5 Å². The number of carboxylic acid groups (broad SMARTS) is 1. The van der Waals surface area contributed by atoms with Gasteiger partial charge < -0.3 is 20.5 Å². The highest BCUT2D eigenvalue weighted by molar-refractivity contribution is 5.84. The van der Waals surface area contributed by atoms with E-state index in [1.54, 1.807) is 20.8 Å². The molecule has 1 aliphatic carbocycles. The van der Waals surface area contributed by atoms with Crippen molar-refractivity contribution in [2.24, 2.45) is 11.3 Å². The molecule has 0 aromatic heterocycles. The Kier molecular flexibility index (Phi) is 7.97. The van der Waals surface area contributed by atoms with Gasteiger partial charge in [-0.05, 0) is 33.6 Å². The van der Waals surface area contributed by atoms with E-state index >= 15 is 0 Å². The van der Waals surface area contributed by atoms with E-state index in [-0.39, 0.29) is 37.3 Å². The topological polar surface area (TPSA) is 105 Å². The molecule has 3 rings (SSSR count). The number of fused-ring (bicyclic) bond motifs is 3. The van der Waals surface area contributed by atoms with Crippen LogP contribution in [0, 0.1) is 11.3 Å². The Morgan fingerprint density at radius 2 is 1.56 bits per heavy atom. The van der Waals surface area contributed by atoms with Gasteiger partial charge in [0.15, 0.2) is 0 Å². The Bertz CT molecular complexity index is 998. The number of hydrogen-bond acceptors (Lipinski definition) is 4. The first-order chi connectivity index (χ1) is 16.1. The Hall–Kier alpha value is -3.35. The number of rotatable bonds is 9. The SMILES string of the molecule is CCC(CNC(=O)OCC1c2ccccc2-c2ccccc21)CC(=O)N[C@@H](C(=O)O)C(C)(C)C. The maximum Gasteiger partial charge on any atom is 0.407 e. The number of amides is 2. The highest BCUT2D eigenvalue weighted by Gasteiger charge is 2.33. The van der Waals surface area contributed by atoms with Crippen LogP contribution >= 0.6 is 0 Å². The van der Waals surface area contributed by atoms with Crippen molar-refractivity contribution in [3.8, 4) is 11.1 Å². The molecule has 7 heteroatoms. The van der Waals surface area contributed by atoms with Crippen molar-refractivity contribution >= 4 is 18.0 Å². The first kappa shape index (κ1) is 25.3. The summed E-state index contributed by atoms with van der Waals surface area (Å²) in [6, 6.07) is 15.3. The summed E-state index contributed by atoms with van der Waals surface area (Å²) in [4.78, 5) is 36.3. The minimum Gasteiger partial charge on any atom is -0.480 e. The molecular formula is C27H34N2O5. The summed E-state index contributed by atoms with van der Waals surface area (Å²) in [5, 5.41) is 14.8. The number of hydrogen-bond donors (Lipinski definition) is 3. The number of alkyl carbamates (subject to hydrolysis) is 1. The average molecular weight is 467 g/mol. The van der Waals surface area contributed by atoms with Gasteiger partial charge in [-0.2, -0.15) is 0 Å². The molecule has 0 aliphatic heterocycles. The second kappa shape index (κ2) is 10.7. The van der Waals surface area contributed by atoms with Gasteiger partial charge in [0.2, 0.25) is 5.91 Å². The fourth-order valence-corrected chi connectivity index (χ4v) is 4.37. The third-order valence-corrected chi connectivity index (χ3v) is 6.35. The van der Waals surface area contributed by atoms with Gasteiger partial charge in [-0.15, -0.1) is 0 Å². The number of carboxylic acids is 1. The molecule has 1 aliphatic rings. The quantitative estimate of drug-likeness (QED) is 0.503. The van der Waals surface area contributed by atoms with Crippen LogP contribution in [0.25, 0.3) is 11.1 Å². The van der Waals surface area contributed by atoms with Gasteiger partial charge in [0.05, 0.1) is 0 Å². The molecule has 1 unspecified atom stereocenters. The summed E-state index contributed by atoms with van der Waals surface area (Å²) in [5.41, 5.74) is 4.01. The van der Waals surface area contributed by atoms with Gasteiger partial charge in [-0.3, -0.25) is 4.79 Å². The van der Waals surface area contributed by atoms with Crippen LogP contribution in [0.2, 0.25) is 0 Å². The molecule has 0 bridgehead atoms. The van der Waals surface area contributed by atoms with Crippen molar-refractivity contribution in [1.29, 1.82) is 0 Å². The summed E-state index contributed by atoms with van der Waals surface area (Å²) >= 11 is 0. The van der Waals surface area contributed by atoms with Crippen molar-refractivity contribution in [1.82, 2.24) is 10.6 Å². The standard InChI is InChI=1S/C27H34N2O5/c1-5-17(14-23(30)29-24(25(31)32)27(2,3)4)15-28-26(33)34-16-22-20-12-8-6-10-18(20)19-11-7-9-13-21(19)22/h6-13,17,22,24H,5,14-16H2,1-4H3,(H,28,33)(H,29,30)(H,31,32)/t17?,24-/m0/s1. The van der Waals surface area contributed by atoms with E-state index in [1.807, 2.05) is 31.2 Å². The second-order valence-corrected chi connectivity index (χ2v) is 9.89. The smallest absolute Gasteiger partial charge is 0.407 e. The third-order valence-electron chi connectivity index (χ3n) is 6.35. The fraction of sp³-hybridized carbons (Fsp3) is 0.444. The maximum atomic E-state index is 12.4. The molecule has 0 spiro atoms. The number of carbonyl (C=O) groups excluding carboxylic acids is 2. The van der Waals surface area contributed by atoms with Crippen molar-refractivity contribution in [3.63, 3.8) is 0 Å². The molecule has 0 heterocycles. The van der Waals surface area contributed by atoms with E-state index in [2.05, 4.69) is 34.9 Å². The zero-order valence-electron chi connectivity index (χ0n) is 20.3. The number of carbonyl (C=O) groups is 3.